The van der Waals surface area contributed by atoms with Crippen LogP contribution in [0.25, 0.3) is 22.8 Å². The molecule has 4 heterocycles. The minimum atomic E-state index is -1.69. The number of hydrogen-bond acceptors (Lipinski definition) is 9. The lowest BCUT2D eigenvalue weighted by molar-refractivity contribution is -0.144. The van der Waals surface area contributed by atoms with E-state index in [1.165, 1.54) is 4.90 Å². The number of anilines is 1. The first-order valence-corrected chi connectivity index (χ1v) is 11.5. The van der Waals surface area contributed by atoms with Gasteiger partial charge in [-0.3, -0.25) is 4.79 Å². The lowest BCUT2D eigenvalue weighted by Crippen LogP contribution is -2.35. The number of likely N-dealkylation sites (tertiary alicyclic amines) is 1. The highest BCUT2D eigenvalue weighted by Crippen LogP contribution is 2.34. The summed E-state index contributed by atoms with van der Waals surface area (Å²) in [5.41, 5.74) is 0.631. The summed E-state index contributed by atoms with van der Waals surface area (Å²) in [6.07, 6.45) is 6.40. The summed E-state index contributed by atoms with van der Waals surface area (Å²) in [5.74, 6) is 0.286. The van der Waals surface area contributed by atoms with Gasteiger partial charge < -0.3 is 24.6 Å². The van der Waals surface area contributed by atoms with Gasteiger partial charge in [-0.15, -0.1) is 0 Å². The summed E-state index contributed by atoms with van der Waals surface area (Å²) in [6, 6.07) is 9.16. The van der Waals surface area contributed by atoms with Crippen LogP contribution < -0.4 is 5.32 Å². The molecule has 3 atom stereocenters. The van der Waals surface area contributed by atoms with Crippen molar-refractivity contribution in [2.24, 2.45) is 0 Å². The molecule has 2 N–H and O–H groups in total. The van der Waals surface area contributed by atoms with E-state index in [0.717, 1.165) is 25.7 Å². The van der Waals surface area contributed by atoms with Crippen LogP contribution in [0.3, 0.4) is 0 Å². The molecule has 10 nitrogen and oxygen atoms in total. The molecule has 1 aliphatic carbocycles. The van der Waals surface area contributed by atoms with Crippen molar-refractivity contribution in [2.45, 2.75) is 49.9 Å². The van der Waals surface area contributed by atoms with Crippen molar-refractivity contribution in [3.8, 4) is 22.8 Å². The number of carbonyl (C=O) groups is 1. The maximum Gasteiger partial charge on any atom is 0.262 e. The van der Waals surface area contributed by atoms with Crippen LogP contribution in [0.1, 0.15) is 37.9 Å². The summed E-state index contributed by atoms with van der Waals surface area (Å²) >= 11 is 0. The molecule has 0 spiro atoms. The predicted molar refractivity (Wildman–Crippen MR) is 124 cm³/mol. The van der Waals surface area contributed by atoms with E-state index in [4.69, 9.17) is 9.26 Å². The van der Waals surface area contributed by atoms with Gasteiger partial charge in [-0.25, -0.2) is 15.0 Å². The molecule has 1 amide bonds. The van der Waals surface area contributed by atoms with Gasteiger partial charge in [0.05, 0.1) is 23.2 Å². The summed E-state index contributed by atoms with van der Waals surface area (Å²) in [7, 11) is 3.41. The Balaban J connectivity index is 1.36. The second-order valence-corrected chi connectivity index (χ2v) is 8.95. The minimum absolute atomic E-state index is 0.124. The number of nitrogens with one attached hydrogen (secondary N) is 1. The Labute approximate surface area is 197 Å². The number of likely N-dealkylation sites (N-methyl/N-ethyl adjacent to an activating group) is 1. The Morgan fingerprint density at radius 1 is 1.18 bits per heavy atom. The normalized spacial score (nSPS) is 25.0. The van der Waals surface area contributed by atoms with Crippen molar-refractivity contribution in [2.75, 3.05) is 26.0 Å². The molecule has 5 rings (SSSR count). The largest absolute Gasteiger partial charge is 0.381 e. The number of aromatic nitrogens is 4. The molecule has 0 radical (unpaired) electrons. The second-order valence-electron chi connectivity index (χ2n) is 8.95. The van der Waals surface area contributed by atoms with Gasteiger partial charge in [0, 0.05) is 45.4 Å². The highest BCUT2D eigenvalue weighted by atomic mass is 16.5. The van der Waals surface area contributed by atoms with Crippen molar-refractivity contribution in [1.82, 2.24) is 25.0 Å². The van der Waals surface area contributed by atoms with E-state index in [0.29, 0.717) is 35.3 Å². The third kappa shape index (κ3) is 4.26. The zero-order valence-corrected chi connectivity index (χ0v) is 19.3. The standard InChI is InChI=1S/C24H28N6O4/c1-30-12-10-24(32,22(30)31)21-14-20(29-34-21)18-8-4-7-17(27-18)19-9-11-25-23(28-19)26-15-5-3-6-16(13-15)33-2/h4,7-9,11,14-16,32H,3,5-6,10,12-13H2,1-2H3,(H,25,26,28)/t15-,16+,24+/m0/s1. The van der Waals surface area contributed by atoms with Crippen LogP contribution in [-0.4, -0.2) is 68.9 Å². The van der Waals surface area contributed by atoms with E-state index in [2.05, 4.69) is 25.4 Å². The molecule has 0 bridgehead atoms. The van der Waals surface area contributed by atoms with E-state index in [1.807, 2.05) is 12.1 Å². The SMILES string of the molecule is CO[C@@H]1CCC[C@H](Nc2nccc(-c3cccc(-c4cc([C@]5(O)CCN(C)C5=O)on4)n3)n2)C1. The number of methoxy groups -OCH3 is 1. The molecule has 1 saturated carbocycles. The summed E-state index contributed by atoms with van der Waals surface area (Å²) in [4.78, 5) is 27.6. The lowest BCUT2D eigenvalue weighted by Gasteiger charge is -2.28. The topological polar surface area (TPSA) is 126 Å². The summed E-state index contributed by atoms with van der Waals surface area (Å²) < 4.78 is 10.9. The van der Waals surface area contributed by atoms with Crippen LogP contribution in [-0.2, 0) is 15.1 Å². The first kappa shape index (κ1) is 22.4. The van der Waals surface area contributed by atoms with Gasteiger partial charge in [0.2, 0.25) is 11.5 Å². The van der Waals surface area contributed by atoms with Crippen LogP contribution in [0, 0.1) is 0 Å². The molecule has 34 heavy (non-hydrogen) atoms. The number of amides is 1. The van der Waals surface area contributed by atoms with Crippen molar-refractivity contribution < 1.29 is 19.2 Å². The van der Waals surface area contributed by atoms with Gasteiger partial charge >= 0.3 is 0 Å². The molecule has 0 unspecified atom stereocenters. The Kier molecular flexibility index (Phi) is 6.01. The van der Waals surface area contributed by atoms with Crippen LogP contribution in [0.5, 0.6) is 0 Å². The average molecular weight is 465 g/mol. The van der Waals surface area contributed by atoms with E-state index in [-0.39, 0.29) is 24.3 Å². The Bertz CT molecular complexity index is 1180. The first-order valence-electron chi connectivity index (χ1n) is 11.5. The maximum absolute atomic E-state index is 12.4. The molecule has 1 aliphatic heterocycles. The van der Waals surface area contributed by atoms with Crippen LogP contribution in [0.2, 0.25) is 0 Å². The Morgan fingerprint density at radius 2 is 1.97 bits per heavy atom. The van der Waals surface area contributed by atoms with Crippen molar-refractivity contribution >= 4 is 11.9 Å². The molecule has 1 saturated heterocycles. The molecule has 2 aliphatic rings. The van der Waals surface area contributed by atoms with Crippen molar-refractivity contribution in [3.05, 3.63) is 42.3 Å². The van der Waals surface area contributed by atoms with Gasteiger partial charge in [-0.05, 0) is 43.9 Å². The highest BCUT2D eigenvalue weighted by molar-refractivity contribution is 5.87. The average Bonchev–Trinajstić information content (AvgIpc) is 3.47. The molecule has 3 aromatic rings. The number of ether oxygens (including phenoxy) is 1. The fraction of sp³-hybridized carbons (Fsp3) is 0.458. The van der Waals surface area contributed by atoms with Gasteiger partial charge in [-0.1, -0.05) is 11.2 Å². The zero-order valence-electron chi connectivity index (χ0n) is 19.3. The van der Waals surface area contributed by atoms with Crippen molar-refractivity contribution in [3.63, 3.8) is 0 Å². The predicted octanol–water partition coefficient (Wildman–Crippen LogP) is 2.61. The molecular formula is C24H28N6O4. The third-order valence-electron chi connectivity index (χ3n) is 6.65. The highest BCUT2D eigenvalue weighted by Gasteiger charge is 2.48. The molecule has 3 aromatic heterocycles. The monoisotopic (exact) mass is 464 g/mol. The van der Waals surface area contributed by atoms with E-state index >= 15 is 0 Å². The third-order valence-corrected chi connectivity index (χ3v) is 6.65. The number of nitrogens with zero attached hydrogens (tertiary/aromatic N) is 5. The number of carbonyl (C=O) groups excluding carboxylic acids is 1. The van der Waals surface area contributed by atoms with Crippen molar-refractivity contribution in [1.29, 1.82) is 0 Å². The molecule has 2 fully saturated rings. The maximum atomic E-state index is 12.4. The van der Waals surface area contributed by atoms with Gasteiger partial charge in [0.15, 0.2) is 5.76 Å². The Hall–Kier alpha value is -3.37. The number of pyridine rings is 1. The quantitative estimate of drug-likeness (QED) is 0.566. The van der Waals surface area contributed by atoms with Gasteiger partial charge in [0.25, 0.3) is 5.91 Å². The van der Waals surface area contributed by atoms with E-state index in [9.17, 15) is 9.90 Å². The zero-order chi connectivity index (χ0) is 23.7. The van der Waals surface area contributed by atoms with Gasteiger partial charge in [0.1, 0.15) is 5.69 Å². The fourth-order valence-corrected chi connectivity index (χ4v) is 4.64. The van der Waals surface area contributed by atoms with Gasteiger partial charge in [-0.2, -0.15) is 0 Å². The minimum Gasteiger partial charge on any atom is -0.381 e. The lowest BCUT2D eigenvalue weighted by atomic mass is 9.93. The summed E-state index contributed by atoms with van der Waals surface area (Å²) in [5, 5.41) is 18.3. The number of aliphatic hydroxyl groups is 1. The van der Waals surface area contributed by atoms with Crippen LogP contribution >= 0.6 is 0 Å². The van der Waals surface area contributed by atoms with E-state index < -0.39 is 11.5 Å². The first-order chi connectivity index (χ1) is 16.5. The summed E-state index contributed by atoms with van der Waals surface area (Å²) in [6.45, 7) is 0.455. The molecule has 178 valence electrons. The second kappa shape index (κ2) is 9.11. The molecule has 0 aromatic carbocycles. The molecule has 10 heteroatoms. The van der Waals surface area contributed by atoms with E-state index in [1.54, 1.807) is 38.6 Å². The van der Waals surface area contributed by atoms with Crippen LogP contribution in [0.15, 0.2) is 41.1 Å². The smallest absolute Gasteiger partial charge is 0.262 e. The number of hydrogen-bond donors (Lipinski definition) is 2. The Morgan fingerprint density at radius 3 is 2.74 bits per heavy atom. The van der Waals surface area contributed by atoms with Crippen LogP contribution in [0.4, 0.5) is 5.95 Å². The number of rotatable bonds is 6. The fourth-order valence-electron chi connectivity index (χ4n) is 4.64. The molecular weight excluding hydrogens is 436 g/mol.